The largest absolute Gasteiger partial charge is 0.499 e. The number of ether oxygens (including phenoxy) is 2. The predicted molar refractivity (Wildman–Crippen MR) is 41.8 cm³/mol. The van der Waals surface area contributed by atoms with Crippen molar-refractivity contribution >= 4 is 0 Å². The molecule has 2 nitrogen and oxygen atoms in total. The van der Waals surface area contributed by atoms with Gasteiger partial charge in [0, 0.05) is 0 Å². The van der Waals surface area contributed by atoms with E-state index in [9.17, 15) is 0 Å². The highest BCUT2D eigenvalue weighted by Crippen LogP contribution is 1.83. The zero-order valence-corrected chi connectivity index (χ0v) is 6.21. The zero-order valence-electron chi connectivity index (χ0n) is 6.21. The summed E-state index contributed by atoms with van der Waals surface area (Å²) in [4.78, 5) is 0. The third kappa shape index (κ3) is 7.24. The summed E-state index contributed by atoms with van der Waals surface area (Å²) in [7, 11) is 0. The zero-order chi connectivity index (χ0) is 7.66. The lowest BCUT2D eigenvalue weighted by Gasteiger charge is -2.00. The molecule has 0 N–H and O–H groups in total. The summed E-state index contributed by atoms with van der Waals surface area (Å²) in [5.41, 5.74) is 0. The molecule has 0 aliphatic carbocycles. The van der Waals surface area contributed by atoms with Gasteiger partial charge in [-0.05, 0) is 6.42 Å². The van der Waals surface area contributed by atoms with Gasteiger partial charge in [-0.15, -0.1) is 6.58 Å². The molecule has 0 radical (unpaired) electrons. The minimum atomic E-state index is 0.584. The first kappa shape index (κ1) is 9.24. The molecule has 0 aromatic rings. The van der Waals surface area contributed by atoms with Crippen LogP contribution in [0.2, 0.25) is 0 Å². The van der Waals surface area contributed by atoms with E-state index in [4.69, 9.17) is 9.47 Å². The van der Waals surface area contributed by atoms with Gasteiger partial charge in [0.15, 0.2) is 0 Å². The predicted octanol–water partition coefficient (Wildman–Crippen LogP) is 1.74. The van der Waals surface area contributed by atoms with Crippen molar-refractivity contribution in [1.29, 1.82) is 0 Å². The monoisotopic (exact) mass is 142 g/mol. The van der Waals surface area contributed by atoms with Crippen molar-refractivity contribution in [2.45, 2.75) is 6.42 Å². The van der Waals surface area contributed by atoms with Crippen molar-refractivity contribution in [2.75, 3.05) is 19.8 Å². The van der Waals surface area contributed by atoms with Gasteiger partial charge in [-0.2, -0.15) is 0 Å². The third-order valence-electron chi connectivity index (χ3n) is 0.930. The van der Waals surface area contributed by atoms with Gasteiger partial charge in [-0.25, -0.2) is 0 Å². The molecule has 0 spiro atoms. The summed E-state index contributed by atoms with van der Waals surface area (Å²) in [6, 6.07) is 0. The van der Waals surface area contributed by atoms with Crippen LogP contribution in [0.1, 0.15) is 6.42 Å². The van der Waals surface area contributed by atoms with Crippen molar-refractivity contribution < 1.29 is 9.47 Å². The summed E-state index contributed by atoms with van der Waals surface area (Å²) >= 11 is 0. The lowest BCUT2D eigenvalue weighted by Crippen LogP contribution is -2.01. The fourth-order valence-corrected chi connectivity index (χ4v) is 0.459. The van der Waals surface area contributed by atoms with E-state index in [0.717, 1.165) is 13.0 Å². The van der Waals surface area contributed by atoms with Crippen molar-refractivity contribution in [3.8, 4) is 0 Å². The van der Waals surface area contributed by atoms with E-state index in [1.165, 1.54) is 6.26 Å². The first-order chi connectivity index (χ1) is 4.91. The van der Waals surface area contributed by atoms with Crippen molar-refractivity contribution in [3.05, 3.63) is 25.5 Å². The van der Waals surface area contributed by atoms with Crippen LogP contribution >= 0.6 is 0 Å². The average molecular weight is 142 g/mol. The maximum atomic E-state index is 5.13. The molecule has 10 heavy (non-hydrogen) atoms. The normalized spacial score (nSPS) is 8.80. The van der Waals surface area contributed by atoms with Gasteiger partial charge in [-0.1, -0.05) is 12.7 Å². The van der Waals surface area contributed by atoms with Crippen molar-refractivity contribution in [3.63, 3.8) is 0 Å². The Labute approximate surface area is 62.1 Å². The fraction of sp³-hybridized carbons (Fsp3) is 0.500. The number of rotatable bonds is 7. The Bertz CT molecular complexity index is 77.3. The summed E-state index contributed by atoms with van der Waals surface area (Å²) in [5, 5.41) is 0. The van der Waals surface area contributed by atoms with E-state index in [1.807, 2.05) is 6.08 Å². The Morgan fingerprint density at radius 1 is 1.10 bits per heavy atom. The van der Waals surface area contributed by atoms with E-state index in [0.29, 0.717) is 13.2 Å². The molecule has 58 valence electrons. The molecule has 0 fully saturated rings. The maximum absolute atomic E-state index is 5.13. The first-order valence-electron chi connectivity index (χ1n) is 3.33. The molecule has 0 aliphatic heterocycles. The Kier molecular flexibility index (Phi) is 7.61. The van der Waals surface area contributed by atoms with Crippen molar-refractivity contribution in [1.82, 2.24) is 0 Å². The van der Waals surface area contributed by atoms with Crippen LogP contribution in [0, 0.1) is 0 Å². The molecule has 0 heterocycles. The summed E-state index contributed by atoms with van der Waals surface area (Å²) < 4.78 is 9.96. The Balaban J connectivity index is 2.76. The SMILES string of the molecule is C=CCCOCCOC=C. The average Bonchev–Trinajstić information content (AvgIpc) is 1.97. The highest BCUT2D eigenvalue weighted by atomic mass is 16.5. The molecule has 0 aliphatic rings. The van der Waals surface area contributed by atoms with Gasteiger partial charge >= 0.3 is 0 Å². The Morgan fingerprint density at radius 3 is 2.50 bits per heavy atom. The van der Waals surface area contributed by atoms with Crippen LogP contribution in [0.5, 0.6) is 0 Å². The molecule has 0 unspecified atom stereocenters. The van der Waals surface area contributed by atoms with Gasteiger partial charge in [-0.3, -0.25) is 0 Å². The van der Waals surface area contributed by atoms with E-state index in [1.54, 1.807) is 0 Å². The van der Waals surface area contributed by atoms with E-state index in [-0.39, 0.29) is 0 Å². The Hall–Kier alpha value is -0.760. The quantitative estimate of drug-likeness (QED) is 0.306. The number of hydrogen-bond acceptors (Lipinski definition) is 2. The first-order valence-corrected chi connectivity index (χ1v) is 3.33. The molecule has 0 saturated carbocycles. The molecule has 0 rings (SSSR count). The minimum absolute atomic E-state index is 0.584. The summed E-state index contributed by atoms with van der Waals surface area (Å²) in [5.74, 6) is 0. The van der Waals surface area contributed by atoms with Crippen LogP contribution < -0.4 is 0 Å². The smallest absolute Gasteiger partial charge is 0.111 e. The van der Waals surface area contributed by atoms with Crippen LogP contribution in [0.3, 0.4) is 0 Å². The molecule has 0 amide bonds. The van der Waals surface area contributed by atoms with Gasteiger partial charge < -0.3 is 9.47 Å². The van der Waals surface area contributed by atoms with E-state index in [2.05, 4.69) is 13.2 Å². The van der Waals surface area contributed by atoms with Crippen LogP contribution in [-0.2, 0) is 9.47 Å². The summed E-state index contributed by atoms with van der Waals surface area (Å²) in [6.45, 7) is 8.90. The molecular formula is C8H14O2. The molecule has 0 bridgehead atoms. The second-order valence-corrected chi connectivity index (χ2v) is 1.73. The fourth-order valence-electron chi connectivity index (χ4n) is 0.459. The standard InChI is InChI=1S/C8H14O2/c1-3-5-6-10-8-7-9-4-2/h3-4H,1-2,5-8H2. The lowest BCUT2D eigenvalue weighted by atomic mass is 10.5. The van der Waals surface area contributed by atoms with Crippen LogP contribution in [-0.4, -0.2) is 19.8 Å². The highest BCUT2D eigenvalue weighted by Gasteiger charge is 1.83. The molecule has 2 heteroatoms. The van der Waals surface area contributed by atoms with Gasteiger partial charge in [0.25, 0.3) is 0 Å². The lowest BCUT2D eigenvalue weighted by molar-refractivity contribution is 0.0880. The van der Waals surface area contributed by atoms with Crippen molar-refractivity contribution in [2.24, 2.45) is 0 Å². The second-order valence-electron chi connectivity index (χ2n) is 1.73. The molecule has 0 saturated heterocycles. The Morgan fingerprint density at radius 2 is 1.90 bits per heavy atom. The van der Waals surface area contributed by atoms with Crippen LogP contribution in [0.15, 0.2) is 25.5 Å². The van der Waals surface area contributed by atoms with Gasteiger partial charge in [0.2, 0.25) is 0 Å². The second kappa shape index (κ2) is 8.24. The van der Waals surface area contributed by atoms with E-state index < -0.39 is 0 Å². The molecule has 0 atom stereocenters. The summed E-state index contributed by atoms with van der Waals surface area (Å²) in [6.07, 6.45) is 4.14. The minimum Gasteiger partial charge on any atom is -0.499 e. The number of hydrogen-bond donors (Lipinski definition) is 0. The maximum Gasteiger partial charge on any atom is 0.111 e. The third-order valence-corrected chi connectivity index (χ3v) is 0.930. The molecular weight excluding hydrogens is 128 g/mol. The molecule has 0 aromatic carbocycles. The van der Waals surface area contributed by atoms with E-state index >= 15 is 0 Å². The highest BCUT2D eigenvalue weighted by molar-refractivity contribution is 4.64. The van der Waals surface area contributed by atoms with Gasteiger partial charge in [0.1, 0.15) is 6.61 Å². The van der Waals surface area contributed by atoms with Gasteiger partial charge in [0.05, 0.1) is 19.5 Å². The van der Waals surface area contributed by atoms with Crippen LogP contribution in [0.25, 0.3) is 0 Å². The molecule has 0 aromatic heterocycles. The topological polar surface area (TPSA) is 18.5 Å². The van der Waals surface area contributed by atoms with Crippen LogP contribution in [0.4, 0.5) is 0 Å².